The number of carbonyl (C=O) groups excluding carboxylic acids is 3. The number of imide groups is 1. The Hall–Kier alpha value is -3.55. The van der Waals surface area contributed by atoms with Crippen LogP contribution < -0.4 is 14.8 Å². The zero-order valence-corrected chi connectivity index (χ0v) is 18.2. The molecule has 1 saturated heterocycles. The molecule has 1 unspecified atom stereocenters. The second-order valence-electron chi connectivity index (χ2n) is 7.57. The van der Waals surface area contributed by atoms with E-state index in [4.69, 9.17) is 9.47 Å². The third kappa shape index (κ3) is 4.47. The van der Waals surface area contributed by atoms with E-state index in [1.165, 1.54) is 4.90 Å². The van der Waals surface area contributed by atoms with Crippen molar-refractivity contribution in [1.82, 2.24) is 15.1 Å². The number of amides is 4. The van der Waals surface area contributed by atoms with E-state index in [2.05, 4.69) is 5.32 Å². The van der Waals surface area contributed by atoms with Crippen LogP contribution in [0.1, 0.15) is 18.1 Å². The van der Waals surface area contributed by atoms with Gasteiger partial charge in [-0.15, -0.1) is 0 Å². The normalized spacial score (nSPS) is 18.0. The molecule has 0 saturated carbocycles. The van der Waals surface area contributed by atoms with Crippen molar-refractivity contribution >= 4 is 17.8 Å². The molecule has 3 rings (SSSR count). The van der Waals surface area contributed by atoms with Gasteiger partial charge >= 0.3 is 6.03 Å². The van der Waals surface area contributed by atoms with Gasteiger partial charge in [0.2, 0.25) is 5.91 Å². The fraction of sp³-hybridized carbons (Fsp3) is 0.348. The molecule has 0 radical (unpaired) electrons. The van der Waals surface area contributed by atoms with Crippen molar-refractivity contribution in [3.8, 4) is 11.5 Å². The van der Waals surface area contributed by atoms with Crippen LogP contribution in [0.4, 0.5) is 4.79 Å². The molecule has 1 N–H and O–H groups in total. The maximum absolute atomic E-state index is 13.0. The van der Waals surface area contributed by atoms with Crippen molar-refractivity contribution in [2.45, 2.75) is 18.9 Å². The quantitative estimate of drug-likeness (QED) is 0.655. The molecular formula is C23H27N3O5. The second-order valence-corrected chi connectivity index (χ2v) is 7.57. The highest BCUT2D eigenvalue weighted by Crippen LogP contribution is 2.29. The number of rotatable bonds is 8. The Morgan fingerprint density at radius 1 is 1.06 bits per heavy atom. The van der Waals surface area contributed by atoms with Crippen LogP contribution in [0, 0.1) is 0 Å². The summed E-state index contributed by atoms with van der Waals surface area (Å²) in [6.45, 7) is 1.76. The third-order valence-corrected chi connectivity index (χ3v) is 5.53. The molecule has 0 aliphatic carbocycles. The predicted molar refractivity (Wildman–Crippen MR) is 115 cm³/mol. The summed E-state index contributed by atoms with van der Waals surface area (Å²) in [6.07, 6.45) is 0.588. The highest BCUT2D eigenvalue weighted by atomic mass is 16.5. The lowest BCUT2D eigenvalue weighted by molar-refractivity contribution is -0.138. The lowest BCUT2D eigenvalue weighted by atomic mass is 9.92. The van der Waals surface area contributed by atoms with E-state index < -0.39 is 17.5 Å². The van der Waals surface area contributed by atoms with Crippen LogP contribution >= 0.6 is 0 Å². The number of nitrogens with one attached hydrogen (secondary N) is 1. The Bertz CT molecular complexity index is 978. The minimum atomic E-state index is -1.18. The van der Waals surface area contributed by atoms with Gasteiger partial charge in [0.1, 0.15) is 12.1 Å². The minimum absolute atomic E-state index is 0.310. The molecule has 1 aliphatic rings. The number of hydrogen-bond acceptors (Lipinski definition) is 5. The molecule has 2 aromatic carbocycles. The van der Waals surface area contributed by atoms with Crippen molar-refractivity contribution in [3.05, 3.63) is 59.7 Å². The fourth-order valence-corrected chi connectivity index (χ4v) is 3.52. The van der Waals surface area contributed by atoms with Crippen molar-refractivity contribution in [1.29, 1.82) is 0 Å². The van der Waals surface area contributed by atoms with Crippen LogP contribution in [-0.2, 0) is 21.5 Å². The van der Waals surface area contributed by atoms with Gasteiger partial charge in [0.05, 0.1) is 14.2 Å². The molecule has 31 heavy (non-hydrogen) atoms. The summed E-state index contributed by atoms with van der Waals surface area (Å²) >= 11 is 0. The first-order valence-electron chi connectivity index (χ1n) is 9.94. The van der Waals surface area contributed by atoms with Gasteiger partial charge in [-0.25, -0.2) is 4.79 Å². The Morgan fingerprint density at radius 2 is 1.74 bits per heavy atom. The molecule has 0 spiro atoms. The van der Waals surface area contributed by atoms with E-state index in [1.54, 1.807) is 52.5 Å². The number of ether oxygens (including phenoxy) is 2. The molecule has 0 bridgehead atoms. The highest BCUT2D eigenvalue weighted by molar-refractivity contribution is 6.09. The molecule has 1 heterocycles. The largest absolute Gasteiger partial charge is 0.493 e. The molecule has 1 atom stereocenters. The van der Waals surface area contributed by atoms with Gasteiger partial charge < -0.3 is 19.7 Å². The molecule has 4 amide bonds. The summed E-state index contributed by atoms with van der Waals surface area (Å²) in [4.78, 5) is 40.6. The van der Waals surface area contributed by atoms with Crippen molar-refractivity contribution in [2.75, 3.05) is 34.4 Å². The Morgan fingerprint density at radius 3 is 2.39 bits per heavy atom. The first-order valence-corrected chi connectivity index (χ1v) is 9.94. The van der Waals surface area contributed by atoms with E-state index in [-0.39, 0.29) is 12.5 Å². The van der Waals surface area contributed by atoms with Crippen molar-refractivity contribution in [3.63, 3.8) is 0 Å². The van der Waals surface area contributed by atoms with Crippen molar-refractivity contribution in [2.24, 2.45) is 0 Å². The highest BCUT2D eigenvalue weighted by Gasteiger charge is 2.49. The zero-order chi connectivity index (χ0) is 22.6. The second kappa shape index (κ2) is 9.07. The molecule has 1 fully saturated rings. The average Bonchev–Trinajstić information content (AvgIpc) is 3.01. The number of nitrogens with zero attached hydrogens (tertiary/aromatic N) is 2. The summed E-state index contributed by atoms with van der Waals surface area (Å²) in [5.41, 5.74) is 0.464. The van der Waals surface area contributed by atoms with Crippen LogP contribution in [0.3, 0.4) is 0 Å². The van der Waals surface area contributed by atoms with Crippen LogP contribution in [0.25, 0.3) is 0 Å². The summed E-state index contributed by atoms with van der Waals surface area (Å²) in [6, 6.07) is 14.0. The molecule has 8 heteroatoms. The maximum atomic E-state index is 13.0. The summed E-state index contributed by atoms with van der Waals surface area (Å²) in [7, 11) is 4.79. The van der Waals surface area contributed by atoms with Gasteiger partial charge in [0.25, 0.3) is 5.91 Å². The molecule has 0 aromatic heterocycles. The SMILES string of the molecule is COc1ccc(CCN(C)C(=O)CN2C(=O)NC(C)(c3ccccc3)C2=O)cc1OC. The fourth-order valence-electron chi connectivity index (χ4n) is 3.52. The van der Waals surface area contributed by atoms with Crippen LogP contribution in [0.15, 0.2) is 48.5 Å². The number of urea groups is 1. The monoisotopic (exact) mass is 425 g/mol. The first kappa shape index (κ1) is 22.1. The van der Waals surface area contributed by atoms with E-state index >= 15 is 0 Å². The Labute approximate surface area is 181 Å². The van der Waals surface area contributed by atoms with Gasteiger partial charge in [0, 0.05) is 13.6 Å². The van der Waals surface area contributed by atoms with Crippen LogP contribution in [0.2, 0.25) is 0 Å². The Balaban J connectivity index is 1.62. The summed E-state index contributed by atoms with van der Waals surface area (Å²) < 4.78 is 10.5. The maximum Gasteiger partial charge on any atom is 0.325 e. The standard InChI is InChI=1S/C23H27N3O5/c1-23(17-8-6-5-7-9-17)21(28)26(22(29)24-23)15-20(27)25(2)13-12-16-10-11-18(30-3)19(14-16)31-4/h5-11,14H,12-13,15H2,1-4H3,(H,24,29). The third-order valence-electron chi connectivity index (χ3n) is 5.53. The number of hydrogen-bond donors (Lipinski definition) is 1. The van der Waals surface area contributed by atoms with Gasteiger partial charge in [0.15, 0.2) is 11.5 Å². The Kier molecular flexibility index (Phi) is 6.48. The average molecular weight is 425 g/mol. The van der Waals surface area contributed by atoms with Gasteiger partial charge in [-0.05, 0) is 36.6 Å². The lowest BCUT2D eigenvalue weighted by Gasteiger charge is -2.23. The zero-order valence-electron chi connectivity index (χ0n) is 18.2. The predicted octanol–water partition coefficient (Wildman–Crippen LogP) is 2.17. The van der Waals surface area contributed by atoms with Gasteiger partial charge in [-0.1, -0.05) is 36.4 Å². The van der Waals surface area contributed by atoms with E-state index in [1.807, 2.05) is 24.3 Å². The molecule has 2 aromatic rings. The summed E-state index contributed by atoms with van der Waals surface area (Å²) in [5, 5.41) is 2.71. The van der Waals surface area contributed by atoms with Gasteiger partial charge in [-0.3, -0.25) is 14.5 Å². The summed E-state index contributed by atoms with van der Waals surface area (Å²) in [5.74, 6) is 0.496. The molecule has 8 nitrogen and oxygen atoms in total. The number of likely N-dealkylation sites (N-methyl/N-ethyl adjacent to an activating group) is 1. The van der Waals surface area contributed by atoms with E-state index in [0.29, 0.717) is 30.0 Å². The number of benzene rings is 2. The van der Waals surface area contributed by atoms with Crippen molar-refractivity contribution < 1.29 is 23.9 Å². The lowest BCUT2D eigenvalue weighted by Crippen LogP contribution is -2.44. The smallest absolute Gasteiger partial charge is 0.325 e. The van der Waals surface area contributed by atoms with Gasteiger partial charge in [-0.2, -0.15) is 0 Å². The van der Waals surface area contributed by atoms with E-state index in [0.717, 1.165) is 10.5 Å². The molecule has 164 valence electrons. The topological polar surface area (TPSA) is 88.2 Å². The first-order chi connectivity index (χ1) is 14.8. The van der Waals surface area contributed by atoms with E-state index in [9.17, 15) is 14.4 Å². The molecule has 1 aliphatic heterocycles. The number of methoxy groups -OCH3 is 2. The molecular weight excluding hydrogens is 398 g/mol. The number of carbonyl (C=O) groups is 3. The minimum Gasteiger partial charge on any atom is -0.493 e. The van der Waals surface area contributed by atoms with Crippen LogP contribution in [-0.4, -0.2) is 62.0 Å². The van der Waals surface area contributed by atoms with Crippen LogP contribution in [0.5, 0.6) is 11.5 Å².